The molecule has 4 aromatic rings. The van der Waals surface area contributed by atoms with E-state index in [1.165, 1.54) is 0 Å². The second-order valence-electron chi connectivity index (χ2n) is 9.84. The van der Waals surface area contributed by atoms with Crippen molar-refractivity contribution in [2.24, 2.45) is 0 Å². The third kappa shape index (κ3) is 5.86. The number of benzene rings is 2. The maximum absolute atomic E-state index is 13.2. The molecule has 0 fully saturated rings. The van der Waals surface area contributed by atoms with Gasteiger partial charge in [-0.25, -0.2) is 4.68 Å². The Morgan fingerprint density at radius 3 is 2.54 bits per heavy atom. The zero-order chi connectivity index (χ0) is 26.6. The molecule has 0 saturated heterocycles. The highest BCUT2D eigenvalue weighted by Gasteiger charge is 2.31. The van der Waals surface area contributed by atoms with E-state index in [4.69, 9.17) is 16.3 Å². The van der Waals surface area contributed by atoms with E-state index in [2.05, 4.69) is 53.1 Å². The average Bonchev–Trinajstić information content (AvgIpc) is 3.37. The van der Waals surface area contributed by atoms with Crippen LogP contribution in [-0.4, -0.2) is 36.7 Å². The molecule has 2 heterocycles. The smallest absolute Gasteiger partial charge is 0.252 e. The van der Waals surface area contributed by atoms with Gasteiger partial charge in [0, 0.05) is 34.6 Å². The fourth-order valence-electron chi connectivity index (χ4n) is 4.53. The number of tetrazole rings is 1. The lowest BCUT2D eigenvalue weighted by molar-refractivity contribution is 0.150. The summed E-state index contributed by atoms with van der Waals surface area (Å²) in [7, 11) is 0. The first-order valence-corrected chi connectivity index (χ1v) is 13.2. The molecule has 1 atom stereocenters. The van der Waals surface area contributed by atoms with Crippen LogP contribution in [0.1, 0.15) is 70.5 Å². The number of halogens is 1. The summed E-state index contributed by atoms with van der Waals surface area (Å²) in [5, 5.41) is 14.4. The van der Waals surface area contributed by atoms with E-state index in [9.17, 15) is 4.79 Å². The number of nitrogens with one attached hydrogen (secondary N) is 1. The highest BCUT2D eigenvalue weighted by atomic mass is 35.5. The molecule has 8 nitrogen and oxygen atoms in total. The molecule has 9 heteroatoms. The number of aromatic nitrogens is 5. The molecule has 0 unspecified atom stereocenters. The van der Waals surface area contributed by atoms with E-state index in [1.807, 2.05) is 60.1 Å². The number of pyridine rings is 1. The average molecular weight is 523 g/mol. The Morgan fingerprint density at radius 1 is 1.08 bits per heavy atom. The van der Waals surface area contributed by atoms with Gasteiger partial charge in [-0.15, -0.1) is 5.10 Å². The Bertz CT molecular complexity index is 1410. The Morgan fingerprint density at radius 2 is 1.84 bits per heavy atom. The number of fused-ring (bicyclic) bond motifs is 1. The quantitative estimate of drug-likeness (QED) is 0.265. The van der Waals surface area contributed by atoms with Gasteiger partial charge in [0.2, 0.25) is 0 Å². The number of hydrogen-bond acceptors (Lipinski definition) is 6. The SMILES string of the molecule is CCOc1ccc2[nH]c(=O)c(CN(Cc3ccccc3Cl)[C@H](CC)c3nnnn3C(C)(C)CC)cc2c1. The molecule has 0 aliphatic heterocycles. The van der Waals surface area contributed by atoms with Crippen molar-refractivity contribution in [1.29, 1.82) is 0 Å². The lowest BCUT2D eigenvalue weighted by Gasteiger charge is -2.33. The van der Waals surface area contributed by atoms with Gasteiger partial charge in [-0.1, -0.05) is 43.6 Å². The molecule has 0 aliphatic rings. The molecule has 2 aromatic heterocycles. The fraction of sp³-hybridized carbons (Fsp3) is 0.429. The van der Waals surface area contributed by atoms with E-state index in [0.717, 1.165) is 40.9 Å². The number of nitrogens with zero attached hydrogens (tertiary/aromatic N) is 5. The number of aromatic amines is 1. The molecule has 0 spiro atoms. The van der Waals surface area contributed by atoms with Crippen molar-refractivity contribution in [2.45, 2.75) is 72.1 Å². The molecule has 0 bridgehead atoms. The number of rotatable bonds is 11. The molecule has 37 heavy (non-hydrogen) atoms. The Hall–Kier alpha value is -3.23. The topological polar surface area (TPSA) is 88.9 Å². The summed E-state index contributed by atoms with van der Waals surface area (Å²) < 4.78 is 7.59. The van der Waals surface area contributed by atoms with Crippen molar-refractivity contribution >= 4 is 22.5 Å². The van der Waals surface area contributed by atoms with Crippen LogP contribution < -0.4 is 10.3 Å². The highest BCUT2D eigenvalue weighted by molar-refractivity contribution is 6.31. The zero-order valence-electron chi connectivity index (χ0n) is 22.2. The van der Waals surface area contributed by atoms with Crippen LogP contribution in [0, 0.1) is 0 Å². The van der Waals surface area contributed by atoms with Crippen LogP contribution in [0.15, 0.2) is 53.3 Å². The minimum Gasteiger partial charge on any atom is -0.494 e. The van der Waals surface area contributed by atoms with Gasteiger partial charge < -0.3 is 9.72 Å². The van der Waals surface area contributed by atoms with Gasteiger partial charge in [-0.3, -0.25) is 9.69 Å². The van der Waals surface area contributed by atoms with Crippen LogP contribution in [-0.2, 0) is 18.6 Å². The van der Waals surface area contributed by atoms with Crippen LogP contribution in [0.25, 0.3) is 10.9 Å². The van der Waals surface area contributed by atoms with Gasteiger partial charge in [0.15, 0.2) is 5.82 Å². The summed E-state index contributed by atoms with van der Waals surface area (Å²) in [6.45, 7) is 12.0. The number of H-pyrrole nitrogens is 1. The first kappa shape index (κ1) is 26.8. The third-order valence-corrected chi connectivity index (χ3v) is 7.33. The maximum Gasteiger partial charge on any atom is 0.252 e. The molecule has 0 amide bonds. The molecule has 0 aliphatic carbocycles. The Labute approximate surface area is 222 Å². The summed E-state index contributed by atoms with van der Waals surface area (Å²) in [6, 6.07) is 15.3. The molecular formula is C28H35ClN6O2. The first-order valence-electron chi connectivity index (χ1n) is 12.8. The Balaban J connectivity index is 1.78. The Kier molecular flexibility index (Phi) is 8.29. The second-order valence-corrected chi connectivity index (χ2v) is 10.2. The lowest BCUT2D eigenvalue weighted by Crippen LogP contribution is -2.36. The molecule has 0 saturated carbocycles. The van der Waals surface area contributed by atoms with Gasteiger partial charge in [0.1, 0.15) is 5.75 Å². The monoisotopic (exact) mass is 522 g/mol. The van der Waals surface area contributed by atoms with Crippen molar-refractivity contribution in [3.05, 3.63) is 80.9 Å². The van der Waals surface area contributed by atoms with Gasteiger partial charge >= 0.3 is 0 Å². The minimum absolute atomic E-state index is 0.121. The zero-order valence-corrected chi connectivity index (χ0v) is 22.9. The first-order chi connectivity index (χ1) is 17.8. The van der Waals surface area contributed by atoms with Crippen LogP contribution >= 0.6 is 11.6 Å². The van der Waals surface area contributed by atoms with Gasteiger partial charge in [0.25, 0.3) is 5.56 Å². The molecule has 1 N–H and O–H groups in total. The van der Waals surface area contributed by atoms with Crippen molar-refractivity contribution in [3.8, 4) is 5.75 Å². The second kappa shape index (κ2) is 11.4. The summed E-state index contributed by atoms with van der Waals surface area (Å²) in [4.78, 5) is 18.5. The largest absolute Gasteiger partial charge is 0.494 e. The van der Waals surface area contributed by atoms with E-state index in [1.54, 1.807) is 0 Å². The van der Waals surface area contributed by atoms with Crippen molar-refractivity contribution in [1.82, 2.24) is 30.1 Å². The summed E-state index contributed by atoms with van der Waals surface area (Å²) in [6.07, 6.45) is 1.63. The molecule has 4 rings (SSSR count). The van der Waals surface area contributed by atoms with Crippen molar-refractivity contribution in [2.75, 3.05) is 6.61 Å². The van der Waals surface area contributed by atoms with Crippen LogP contribution in [0.4, 0.5) is 0 Å². The van der Waals surface area contributed by atoms with Gasteiger partial charge in [-0.2, -0.15) is 0 Å². The molecule has 196 valence electrons. The molecule has 0 radical (unpaired) electrons. The van der Waals surface area contributed by atoms with E-state index >= 15 is 0 Å². The van der Waals surface area contributed by atoms with E-state index in [-0.39, 0.29) is 17.1 Å². The van der Waals surface area contributed by atoms with Gasteiger partial charge in [0.05, 0.1) is 18.2 Å². The summed E-state index contributed by atoms with van der Waals surface area (Å²) in [5.41, 5.74) is 2.03. The van der Waals surface area contributed by atoms with Gasteiger partial charge in [-0.05, 0) is 79.9 Å². The molecular weight excluding hydrogens is 488 g/mol. The van der Waals surface area contributed by atoms with Crippen molar-refractivity contribution in [3.63, 3.8) is 0 Å². The summed E-state index contributed by atoms with van der Waals surface area (Å²) in [5.74, 6) is 1.55. The summed E-state index contributed by atoms with van der Waals surface area (Å²) >= 11 is 6.57. The van der Waals surface area contributed by atoms with Crippen LogP contribution in [0.3, 0.4) is 0 Å². The number of hydrogen-bond donors (Lipinski definition) is 1. The minimum atomic E-state index is -0.252. The molecule has 2 aromatic carbocycles. The maximum atomic E-state index is 13.2. The standard InChI is InChI=1S/C28H35ClN6O2/c1-6-25(26-31-32-33-35(26)28(4,5)7-2)34(17-19-11-9-10-12-23(19)29)18-21-15-20-16-22(37-8-3)13-14-24(20)30-27(21)36/h9-16,25H,6-8,17-18H2,1-5H3,(H,30,36)/t25-/m1/s1. The van der Waals surface area contributed by atoms with E-state index < -0.39 is 0 Å². The number of ether oxygens (including phenoxy) is 1. The fourth-order valence-corrected chi connectivity index (χ4v) is 4.73. The van der Waals surface area contributed by atoms with E-state index in [0.29, 0.717) is 30.3 Å². The normalized spacial score (nSPS) is 12.8. The highest BCUT2D eigenvalue weighted by Crippen LogP contribution is 2.31. The predicted molar refractivity (Wildman–Crippen MR) is 147 cm³/mol. The predicted octanol–water partition coefficient (Wildman–Crippen LogP) is 5.87. The van der Waals surface area contributed by atoms with Crippen LogP contribution in [0.2, 0.25) is 5.02 Å². The van der Waals surface area contributed by atoms with Crippen molar-refractivity contribution < 1.29 is 4.74 Å². The van der Waals surface area contributed by atoms with Crippen LogP contribution in [0.5, 0.6) is 5.75 Å². The third-order valence-electron chi connectivity index (χ3n) is 6.97. The lowest BCUT2D eigenvalue weighted by atomic mass is 10.0.